The standard InChI is InChI=1S/C11H11N3O/c1-3-6-10(14-12-2)11(15)9-7-4-5-8-13-9/h3-8H,2H2,1H3/b6-3-,14-10-. The van der Waals surface area contributed by atoms with E-state index in [2.05, 4.69) is 21.9 Å². The fourth-order valence-electron chi connectivity index (χ4n) is 1.02. The molecule has 0 aliphatic carbocycles. The molecule has 1 rings (SSSR count). The quantitative estimate of drug-likeness (QED) is 0.424. The van der Waals surface area contributed by atoms with Crippen LogP contribution in [-0.2, 0) is 0 Å². The number of rotatable bonds is 4. The summed E-state index contributed by atoms with van der Waals surface area (Å²) in [6.45, 7) is 5.01. The van der Waals surface area contributed by atoms with Gasteiger partial charge in [0.15, 0.2) is 0 Å². The van der Waals surface area contributed by atoms with Gasteiger partial charge in [0.1, 0.15) is 11.4 Å². The van der Waals surface area contributed by atoms with E-state index in [9.17, 15) is 4.79 Å². The lowest BCUT2D eigenvalue weighted by Crippen LogP contribution is -2.13. The van der Waals surface area contributed by atoms with Gasteiger partial charge in [-0.2, -0.15) is 5.10 Å². The van der Waals surface area contributed by atoms with Crippen molar-refractivity contribution in [2.24, 2.45) is 10.2 Å². The van der Waals surface area contributed by atoms with Crippen LogP contribution in [0.3, 0.4) is 0 Å². The van der Waals surface area contributed by atoms with Crippen LogP contribution >= 0.6 is 0 Å². The second-order valence-electron chi connectivity index (χ2n) is 2.67. The summed E-state index contributed by atoms with van der Waals surface area (Å²) in [5.41, 5.74) is 0.573. The Labute approximate surface area is 88.1 Å². The Morgan fingerprint density at radius 1 is 1.53 bits per heavy atom. The number of pyridine rings is 1. The van der Waals surface area contributed by atoms with Crippen LogP contribution < -0.4 is 0 Å². The zero-order valence-corrected chi connectivity index (χ0v) is 8.42. The summed E-state index contributed by atoms with van der Waals surface area (Å²) < 4.78 is 0. The molecule has 4 heteroatoms. The molecule has 76 valence electrons. The molecule has 0 aliphatic rings. The largest absolute Gasteiger partial charge is 0.285 e. The van der Waals surface area contributed by atoms with E-state index in [1.807, 2.05) is 0 Å². The van der Waals surface area contributed by atoms with Crippen molar-refractivity contribution < 1.29 is 4.79 Å². The van der Waals surface area contributed by atoms with Gasteiger partial charge < -0.3 is 0 Å². The van der Waals surface area contributed by atoms with Gasteiger partial charge in [0.25, 0.3) is 0 Å². The van der Waals surface area contributed by atoms with Crippen molar-refractivity contribution in [3.05, 3.63) is 42.2 Å². The van der Waals surface area contributed by atoms with E-state index >= 15 is 0 Å². The van der Waals surface area contributed by atoms with Gasteiger partial charge in [0.2, 0.25) is 5.78 Å². The molecule has 4 nitrogen and oxygen atoms in total. The highest BCUT2D eigenvalue weighted by molar-refractivity contribution is 6.49. The lowest BCUT2D eigenvalue weighted by Gasteiger charge is -1.97. The summed E-state index contributed by atoms with van der Waals surface area (Å²) in [6, 6.07) is 5.12. The monoisotopic (exact) mass is 201 g/mol. The number of hydrogen-bond donors (Lipinski definition) is 0. The smallest absolute Gasteiger partial charge is 0.231 e. The first kappa shape index (κ1) is 11.0. The Bertz CT molecular complexity index is 407. The maximum Gasteiger partial charge on any atom is 0.231 e. The summed E-state index contributed by atoms with van der Waals surface area (Å²) in [5, 5.41) is 6.98. The van der Waals surface area contributed by atoms with E-state index in [0.29, 0.717) is 5.69 Å². The second-order valence-corrected chi connectivity index (χ2v) is 2.67. The maximum absolute atomic E-state index is 11.8. The van der Waals surface area contributed by atoms with Crippen molar-refractivity contribution in [3.63, 3.8) is 0 Å². The molecule has 0 bridgehead atoms. The van der Waals surface area contributed by atoms with E-state index in [4.69, 9.17) is 0 Å². The predicted molar refractivity (Wildman–Crippen MR) is 60.4 cm³/mol. The second kappa shape index (κ2) is 5.59. The van der Waals surface area contributed by atoms with Crippen molar-refractivity contribution >= 4 is 18.2 Å². The van der Waals surface area contributed by atoms with Crippen LogP contribution in [0.4, 0.5) is 0 Å². The molecule has 1 aromatic rings. The maximum atomic E-state index is 11.8. The third-order valence-corrected chi connectivity index (χ3v) is 1.63. The van der Waals surface area contributed by atoms with Crippen molar-refractivity contribution in [2.45, 2.75) is 6.92 Å². The Morgan fingerprint density at radius 3 is 2.87 bits per heavy atom. The fourth-order valence-corrected chi connectivity index (χ4v) is 1.02. The van der Waals surface area contributed by atoms with Crippen molar-refractivity contribution in [1.29, 1.82) is 0 Å². The molecular formula is C11H11N3O. The first-order valence-corrected chi connectivity index (χ1v) is 4.41. The molecule has 0 unspecified atom stereocenters. The van der Waals surface area contributed by atoms with Crippen LogP contribution in [0.5, 0.6) is 0 Å². The van der Waals surface area contributed by atoms with Gasteiger partial charge in [-0.15, -0.1) is 5.10 Å². The molecule has 0 fully saturated rings. The number of allylic oxidation sites excluding steroid dienone is 2. The average molecular weight is 201 g/mol. The third-order valence-electron chi connectivity index (χ3n) is 1.63. The number of carbonyl (C=O) groups excluding carboxylic acids is 1. The van der Waals surface area contributed by atoms with E-state index in [0.717, 1.165) is 0 Å². The molecule has 0 N–H and O–H groups in total. The summed E-state index contributed by atoms with van der Waals surface area (Å²) in [7, 11) is 0. The van der Waals surface area contributed by atoms with Crippen LogP contribution in [-0.4, -0.2) is 23.2 Å². The SMILES string of the molecule is C=N/N=C(/C=C\C)C(=O)c1ccccn1. The van der Waals surface area contributed by atoms with Crippen LogP contribution in [0.1, 0.15) is 17.4 Å². The number of carbonyl (C=O) groups is 1. The van der Waals surface area contributed by atoms with Gasteiger partial charge in [-0.25, -0.2) is 0 Å². The summed E-state index contributed by atoms with van der Waals surface area (Å²) >= 11 is 0. The van der Waals surface area contributed by atoms with Crippen LogP contribution in [0, 0.1) is 0 Å². The predicted octanol–water partition coefficient (Wildman–Crippen LogP) is 1.90. The number of ketones is 1. The number of nitrogens with zero attached hydrogens (tertiary/aromatic N) is 3. The lowest BCUT2D eigenvalue weighted by atomic mass is 10.1. The van der Waals surface area contributed by atoms with Gasteiger partial charge in [0.05, 0.1) is 0 Å². The topological polar surface area (TPSA) is 54.7 Å². The minimum atomic E-state index is -0.263. The van der Waals surface area contributed by atoms with Gasteiger partial charge >= 0.3 is 0 Å². The van der Waals surface area contributed by atoms with E-state index in [-0.39, 0.29) is 11.5 Å². The van der Waals surface area contributed by atoms with Crippen LogP contribution in [0.2, 0.25) is 0 Å². The molecule has 1 aromatic heterocycles. The average Bonchev–Trinajstić information content (AvgIpc) is 2.29. The number of hydrogen-bond acceptors (Lipinski definition) is 4. The Balaban J connectivity index is 3.02. The van der Waals surface area contributed by atoms with Crippen molar-refractivity contribution in [1.82, 2.24) is 4.98 Å². The molecule has 0 spiro atoms. The van der Waals surface area contributed by atoms with E-state index < -0.39 is 0 Å². The Hall–Kier alpha value is -2.10. The number of Topliss-reactive ketones (excluding diaryl/α,β-unsaturated/α-hetero) is 1. The first-order chi connectivity index (χ1) is 7.29. The molecule has 0 radical (unpaired) electrons. The Kier molecular flexibility index (Phi) is 4.09. The molecule has 1 heterocycles. The van der Waals surface area contributed by atoms with Gasteiger partial charge in [-0.05, 0) is 25.1 Å². The van der Waals surface area contributed by atoms with Gasteiger partial charge in [-0.3, -0.25) is 9.78 Å². The van der Waals surface area contributed by atoms with Gasteiger partial charge in [-0.1, -0.05) is 12.1 Å². The minimum absolute atomic E-state index is 0.228. The first-order valence-electron chi connectivity index (χ1n) is 4.41. The summed E-state index contributed by atoms with van der Waals surface area (Å²) in [5.74, 6) is -0.263. The summed E-state index contributed by atoms with van der Waals surface area (Å²) in [4.78, 5) is 15.7. The molecular weight excluding hydrogens is 190 g/mol. The highest BCUT2D eigenvalue weighted by Gasteiger charge is 2.11. The highest BCUT2D eigenvalue weighted by atomic mass is 16.1. The Morgan fingerprint density at radius 2 is 2.33 bits per heavy atom. The molecule has 15 heavy (non-hydrogen) atoms. The molecule has 0 amide bonds. The zero-order chi connectivity index (χ0) is 11.1. The zero-order valence-electron chi connectivity index (χ0n) is 8.42. The lowest BCUT2D eigenvalue weighted by molar-refractivity contribution is 0.106. The normalized spacial score (nSPS) is 11.7. The fraction of sp³-hybridized carbons (Fsp3) is 0.0909. The van der Waals surface area contributed by atoms with Gasteiger partial charge in [0, 0.05) is 12.9 Å². The molecule has 0 saturated heterocycles. The molecule has 0 aliphatic heterocycles. The minimum Gasteiger partial charge on any atom is -0.285 e. The van der Waals surface area contributed by atoms with Crippen molar-refractivity contribution in [3.8, 4) is 0 Å². The van der Waals surface area contributed by atoms with E-state index in [1.54, 1.807) is 43.5 Å². The van der Waals surface area contributed by atoms with Crippen LogP contribution in [0.15, 0.2) is 46.8 Å². The van der Waals surface area contributed by atoms with Crippen molar-refractivity contribution in [2.75, 3.05) is 0 Å². The molecule has 0 aromatic carbocycles. The van der Waals surface area contributed by atoms with Crippen LogP contribution in [0.25, 0.3) is 0 Å². The third kappa shape index (κ3) is 2.95. The van der Waals surface area contributed by atoms with E-state index in [1.165, 1.54) is 0 Å². The highest BCUT2D eigenvalue weighted by Crippen LogP contribution is 1.99. The molecule has 0 saturated carbocycles. The summed E-state index contributed by atoms with van der Waals surface area (Å²) in [6.07, 6.45) is 4.85. The number of aromatic nitrogens is 1. The molecule has 0 atom stereocenters.